The summed E-state index contributed by atoms with van der Waals surface area (Å²) in [7, 11) is 0. The number of carbonyl (C=O) groups is 1. The summed E-state index contributed by atoms with van der Waals surface area (Å²) in [6.45, 7) is 1.26. The quantitative estimate of drug-likeness (QED) is 0.871. The van der Waals surface area contributed by atoms with Crippen LogP contribution in [0.15, 0.2) is 54.6 Å². The fourth-order valence-corrected chi connectivity index (χ4v) is 3.28. The van der Waals surface area contributed by atoms with Crippen molar-refractivity contribution < 1.29 is 9.90 Å². The smallest absolute Gasteiger partial charge is 0.321 e. The molecule has 4 nitrogen and oxygen atoms in total. The number of piperidine rings is 1. The summed E-state index contributed by atoms with van der Waals surface area (Å²) < 4.78 is 0. The number of nitrogens with one attached hydrogen (secondary N) is 1. The number of aliphatic hydroxyl groups excluding tert-OH is 1. The summed E-state index contributed by atoms with van der Waals surface area (Å²) in [4.78, 5) is 14.1. The van der Waals surface area contributed by atoms with Gasteiger partial charge in [0.1, 0.15) is 0 Å². The molecule has 0 radical (unpaired) electrons. The zero-order valence-corrected chi connectivity index (χ0v) is 14.1. The first-order valence-electron chi connectivity index (χ1n) is 8.18. The van der Waals surface area contributed by atoms with Crippen LogP contribution in [0, 0.1) is 5.92 Å². The topological polar surface area (TPSA) is 52.6 Å². The Morgan fingerprint density at radius 2 is 1.71 bits per heavy atom. The average molecular weight is 345 g/mol. The summed E-state index contributed by atoms with van der Waals surface area (Å²) in [5, 5.41) is 13.9. The Bertz CT molecular complexity index is 685. The van der Waals surface area contributed by atoms with Crippen molar-refractivity contribution in [1.29, 1.82) is 0 Å². The number of amides is 2. The summed E-state index contributed by atoms with van der Waals surface area (Å²) in [5.74, 6) is 0.178. The van der Waals surface area contributed by atoms with Gasteiger partial charge in [0.15, 0.2) is 0 Å². The molecule has 2 aromatic rings. The fraction of sp³-hybridized carbons (Fsp3) is 0.316. The molecular formula is C19H21ClN2O2. The van der Waals surface area contributed by atoms with Crippen LogP contribution in [0.3, 0.4) is 0 Å². The highest BCUT2D eigenvalue weighted by molar-refractivity contribution is 6.33. The summed E-state index contributed by atoms with van der Waals surface area (Å²) >= 11 is 6.07. The van der Waals surface area contributed by atoms with Gasteiger partial charge in [0.05, 0.1) is 16.8 Å². The summed E-state index contributed by atoms with van der Waals surface area (Å²) in [5.41, 5.74) is 1.56. The van der Waals surface area contributed by atoms with Gasteiger partial charge in [0, 0.05) is 13.1 Å². The van der Waals surface area contributed by atoms with E-state index in [0.29, 0.717) is 23.8 Å². The standard InChI is InChI=1S/C19H21ClN2O2/c20-16-8-4-5-9-17(16)21-19(24)22-12-10-15(11-13-22)18(23)14-6-2-1-3-7-14/h1-9,15,18,23H,10-13H2,(H,21,24). The molecule has 0 saturated carbocycles. The number of aliphatic hydroxyl groups is 1. The third kappa shape index (κ3) is 3.89. The molecule has 1 saturated heterocycles. The van der Waals surface area contributed by atoms with Gasteiger partial charge in [-0.15, -0.1) is 0 Å². The third-order valence-electron chi connectivity index (χ3n) is 4.53. The number of hydrogen-bond acceptors (Lipinski definition) is 2. The van der Waals surface area contributed by atoms with E-state index in [1.54, 1.807) is 17.0 Å². The maximum absolute atomic E-state index is 12.4. The highest BCUT2D eigenvalue weighted by atomic mass is 35.5. The SMILES string of the molecule is O=C(Nc1ccccc1Cl)N1CCC(C(O)c2ccccc2)CC1. The van der Waals surface area contributed by atoms with Crippen LogP contribution < -0.4 is 5.32 Å². The second-order valence-corrected chi connectivity index (χ2v) is 6.50. The minimum atomic E-state index is -0.472. The molecule has 1 atom stereocenters. The normalized spacial score (nSPS) is 16.7. The van der Waals surface area contributed by atoms with E-state index in [0.717, 1.165) is 18.4 Å². The van der Waals surface area contributed by atoms with E-state index in [2.05, 4.69) is 5.32 Å². The molecule has 2 amide bonds. The van der Waals surface area contributed by atoms with Gasteiger partial charge in [0.2, 0.25) is 0 Å². The highest BCUT2D eigenvalue weighted by Gasteiger charge is 2.28. The van der Waals surface area contributed by atoms with Crippen molar-refractivity contribution in [1.82, 2.24) is 4.90 Å². The number of anilines is 1. The van der Waals surface area contributed by atoms with Gasteiger partial charge in [-0.3, -0.25) is 0 Å². The monoisotopic (exact) mass is 344 g/mol. The van der Waals surface area contributed by atoms with Crippen LogP contribution in [0.4, 0.5) is 10.5 Å². The number of para-hydroxylation sites is 1. The minimum Gasteiger partial charge on any atom is -0.388 e. The molecule has 126 valence electrons. The van der Waals surface area contributed by atoms with Crippen LogP contribution in [-0.2, 0) is 0 Å². The van der Waals surface area contributed by atoms with Crippen LogP contribution in [0.2, 0.25) is 5.02 Å². The van der Waals surface area contributed by atoms with Gasteiger partial charge >= 0.3 is 6.03 Å². The van der Waals surface area contributed by atoms with Gasteiger partial charge in [-0.1, -0.05) is 54.1 Å². The van der Waals surface area contributed by atoms with E-state index in [1.165, 1.54) is 0 Å². The van der Waals surface area contributed by atoms with Gasteiger partial charge < -0.3 is 15.3 Å². The lowest BCUT2D eigenvalue weighted by Crippen LogP contribution is -2.42. The number of benzene rings is 2. The molecule has 1 aliphatic rings. The molecule has 1 unspecified atom stereocenters. The first-order chi connectivity index (χ1) is 11.6. The molecular weight excluding hydrogens is 324 g/mol. The highest BCUT2D eigenvalue weighted by Crippen LogP contribution is 2.31. The molecule has 3 rings (SSSR count). The Labute approximate surface area is 147 Å². The van der Waals surface area contributed by atoms with Crippen LogP contribution in [0.25, 0.3) is 0 Å². The molecule has 1 fully saturated rings. The Hall–Kier alpha value is -2.04. The Kier molecular flexibility index (Phi) is 5.38. The number of urea groups is 1. The molecule has 0 aliphatic carbocycles. The van der Waals surface area contributed by atoms with Crippen molar-refractivity contribution in [2.24, 2.45) is 5.92 Å². The zero-order chi connectivity index (χ0) is 16.9. The molecule has 5 heteroatoms. The molecule has 1 aliphatic heterocycles. The average Bonchev–Trinajstić information content (AvgIpc) is 2.64. The van der Waals surface area contributed by atoms with Gasteiger partial charge in [-0.05, 0) is 36.5 Å². The zero-order valence-electron chi connectivity index (χ0n) is 13.4. The first-order valence-corrected chi connectivity index (χ1v) is 8.56. The van der Waals surface area contributed by atoms with Crippen LogP contribution in [-0.4, -0.2) is 29.1 Å². The number of nitrogens with zero attached hydrogens (tertiary/aromatic N) is 1. The largest absolute Gasteiger partial charge is 0.388 e. The lowest BCUT2D eigenvalue weighted by Gasteiger charge is -2.34. The second kappa shape index (κ2) is 7.69. The van der Waals surface area contributed by atoms with E-state index in [9.17, 15) is 9.90 Å². The predicted molar refractivity (Wildman–Crippen MR) is 96.2 cm³/mol. The van der Waals surface area contributed by atoms with Crippen molar-refractivity contribution in [3.63, 3.8) is 0 Å². The summed E-state index contributed by atoms with van der Waals surface area (Å²) in [6.07, 6.45) is 1.10. The van der Waals surface area contributed by atoms with Crippen molar-refractivity contribution in [3.8, 4) is 0 Å². The van der Waals surface area contributed by atoms with Crippen LogP contribution >= 0.6 is 11.6 Å². The molecule has 2 N–H and O–H groups in total. The van der Waals surface area contributed by atoms with E-state index < -0.39 is 6.10 Å². The van der Waals surface area contributed by atoms with Crippen molar-refractivity contribution >= 4 is 23.3 Å². The number of likely N-dealkylation sites (tertiary alicyclic amines) is 1. The minimum absolute atomic E-state index is 0.143. The first kappa shape index (κ1) is 16.8. The summed E-state index contributed by atoms with van der Waals surface area (Å²) in [6, 6.07) is 16.8. The maximum atomic E-state index is 12.4. The fourth-order valence-electron chi connectivity index (χ4n) is 3.10. The van der Waals surface area contributed by atoms with Crippen molar-refractivity contribution in [3.05, 3.63) is 65.2 Å². The molecule has 1 heterocycles. The van der Waals surface area contributed by atoms with E-state index in [-0.39, 0.29) is 11.9 Å². The molecule has 24 heavy (non-hydrogen) atoms. The second-order valence-electron chi connectivity index (χ2n) is 6.09. The van der Waals surface area contributed by atoms with Crippen LogP contribution in [0.5, 0.6) is 0 Å². The van der Waals surface area contributed by atoms with Crippen LogP contribution in [0.1, 0.15) is 24.5 Å². The maximum Gasteiger partial charge on any atom is 0.321 e. The molecule has 2 aromatic carbocycles. The Morgan fingerprint density at radius 3 is 2.38 bits per heavy atom. The van der Waals surface area contributed by atoms with Gasteiger partial charge in [-0.25, -0.2) is 4.79 Å². The number of rotatable bonds is 3. The molecule has 0 spiro atoms. The van der Waals surface area contributed by atoms with Crippen molar-refractivity contribution in [2.45, 2.75) is 18.9 Å². The predicted octanol–water partition coefficient (Wildman–Crippen LogP) is 4.32. The Morgan fingerprint density at radius 1 is 1.08 bits per heavy atom. The van der Waals surface area contributed by atoms with E-state index >= 15 is 0 Å². The van der Waals surface area contributed by atoms with Gasteiger partial charge in [-0.2, -0.15) is 0 Å². The third-order valence-corrected chi connectivity index (χ3v) is 4.86. The molecule has 0 aromatic heterocycles. The molecule has 0 bridgehead atoms. The van der Waals surface area contributed by atoms with E-state index in [4.69, 9.17) is 11.6 Å². The van der Waals surface area contributed by atoms with E-state index in [1.807, 2.05) is 42.5 Å². The van der Waals surface area contributed by atoms with Gasteiger partial charge in [0.25, 0.3) is 0 Å². The lowest BCUT2D eigenvalue weighted by molar-refractivity contribution is 0.0683. The Balaban J connectivity index is 1.55. The number of halogens is 1. The number of carbonyl (C=O) groups excluding carboxylic acids is 1. The number of hydrogen-bond donors (Lipinski definition) is 2. The lowest BCUT2D eigenvalue weighted by atomic mass is 9.87. The van der Waals surface area contributed by atoms with Crippen molar-refractivity contribution in [2.75, 3.05) is 18.4 Å².